The highest BCUT2D eigenvalue weighted by Crippen LogP contribution is 2.25. The number of rotatable bonds is 6. The lowest BCUT2D eigenvalue weighted by Crippen LogP contribution is -2.55. The van der Waals surface area contributed by atoms with Crippen molar-refractivity contribution in [1.82, 2.24) is 15.2 Å². The van der Waals surface area contributed by atoms with E-state index in [9.17, 15) is 18.0 Å². The van der Waals surface area contributed by atoms with Crippen LogP contribution in [0.15, 0.2) is 53.4 Å². The third kappa shape index (κ3) is 5.83. The van der Waals surface area contributed by atoms with E-state index in [0.29, 0.717) is 18.6 Å². The van der Waals surface area contributed by atoms with E-state index in [4.69, 9.17) is 4.74 Å². The first-order chi connectivity index (χ1) is 14.8. The smallest absolute Gasteiger partial charge is 0.276 e. The Morgan fingerprint density at radius 3 is 2.23 bits per heavy atom. The summed E-state index contributed by atoms with van der Waals surface area (Å²) in [6.07, 6.45) is 1.78. The first-order valence-electron chi connectivity index (χ1n) is 10.1. The molecule has 0 aromatic heterocycles. The third-order valence-corrected chi connectivity index (χ3v) is 7.02. The van der Waals surface area contributed by atoms with Crippen LogP contribution in [0.5, 0.6) is 5.75 Å². The molecule has 1 saturated heterocycles. The molecule has 31 heavy (non-hydrogen) atoms. The predicted molar refractivity (Wildman–Crippen MR) is 116 cm³/mol. The first kappa shape index (κ1) is 22.8. The van der Waals surface area contributed by atoms with Gasteiger partial charge >= 0.3 is 0 Å². The lowest BCUT2D eigenvalue weighted by Gasteiger charge is -2.33. The number of nitrogens with one attached hydrogen (secondary N) is 2. The number of benzene rings is 2. The predicted octanol–water partition coefficient (Wildman–Crippen LogP) is 2.07. The summed E-state index contributed by atoms with van der Waals surface area (Å²) in [5, 5.41) is 0. The lowest BCUT2D eigenvalue weighted by atomic mass is 10.0. The number of sulfonamides is 1. The number of hydrogen-bond donors (Lipinski definition) is 2. The van der Waals surface area contributed by atoms with Crippen molar-refractivity contribution in [2.45, 2.75) is 44.0 Å². The Kier molecular flexibility index (Phi) is 7.29. The monoisotopic (exact) mass is 445 g/mol. The molecule has 1 atom stereocenters. The molecule has 3 rings (SSSR count). The van der Waals surface area contributed by atoms with Crippen LogP contribution in [0.25, 0.3) is 0 Å². The van der Waals surface area contributed by atoms with Crippen LogP contribution in [0, 0.1) is 13.8 Å². The van der Waals surface area contributed by atoms with Gasteiger partial charge in [-0.05, 0) is 51.0 Å². The summed E-state index contributed by atoms with van der Waals surface area (Å²) in [7, 11) is -3.83. The van der Waals surface area contributed by atoms with Crippen molar-refractivity contribution < 1.29 is 22.7 Å². The topological polar surface area (TPSA) is 105 Å². The van der Waals surface area contributed by atoms with Crippen LogP contribution >= 0.6 is 0 Å². The van der Waals surface area contributed by atoms with Crippen molar-refractivity contribution in [1.29, 1.82) is 0 Å². The van der Waals surface area contributed by atoms with Crippen molar-refractivity contribution in [3.63, 3.8) is 0 Å². The molecule has 0 radical (unpaired) electrons. The van der Waals surface area contributed by atoms with Crippen LogP contribution in [0.4, 0.5) is 0 Å². The third-order valence-electron chi connectivity index (χ3n) is 5.10. The Morgan fingerprint density at radius 2 is 1.58 bits per heavy atom. The second kappa shape index (κ2) is 9.93. The van der Waals surface area contributed by atoms with Crippen molar-refractivity contribution >= 4 is 21.8 Å². The van der Waals surface area contributed by atoms with Crippen LogP contribution < -0.4 is 15.6 Å². The Labute approximate surface area is 182 Å². The van der Waals surface area contributed by atoms with E-state index >= 15 is 0 Å². The molecule has 1 aliphatic rings. The van der Waals surface area contributed by atoms with Gasteiger partial charge in [0.25, 0.3) is 11.8 Å². The largest absolute Gasteiger partial charge is 0.484 e. The fourth-order valence-corrected chi connectivity index (χ4v) is 4.99. The van der Waals surface area contributed by atoms with Gasteiger partial charge in [-0.15, -0.1) is 0 Å². The number of piperidine rings is 1. The van der Waals surface area contributed by atoms with Gasteiger partial charge in [-0.25, -0.2) is 8.42 Å². The Morgan fingerprint density at radius 1 is 0.968 bits per heavy atom. The van der Waals surface area contributed by atoms with Crippen LogP contribution in [0.2, 0.25) is 0 Å². The molecular formula is C22H27N3O5S. The van der Waals surface area contributed by atoms with Crippen LogP contribution in [0.1, 0.15) is 30.4 Å². The highest BCUT2D eigenvalue weighted by atomic mass is 32.2. The van der Waals surface area contributed by atoms with Crippen LogP contribution in [-0.4, -0.2) is 43.7 Å². The van der Waals surface area contributed by atoms with Gasteiger partial charge in [0.2, 0.25) is 10.0 Å². The van der Waals surface area contributed by atoms with Crippen molar-refractivity contribution in [3.8, 4) is 5.75 Å². The molecule has 1 aliphatic heterocycles. The number of aryl methyl sites for hydroxylation is 2. The van der Waals surface area contributed by atoms with Gasteiger partial charge < -0.3 is 4.74 Å². The number of hydrogen-bond acceptors (Lipinski definition) is 5. The zero-order chi connectivity index (χ0) is 22.4. The fourth-order valence-electron chi connectivity index (χ4n) is 3.33. The zero-order valence-corrected chi connectivity index (χ0v) is 18.4. The molecule has 1 heterocycles. The maximum absolute atomic E-state index is 13.1. The molecule has 0 spiro atoms. The molecule has 0 aliphatic carbocycles. The number of carbonyl (C=O) groups is 2. The molecule has 9 heteroatoms. The molecule has 1 fully saturated rings. The molecule has 0 saturated carbocycles. The van der Waals surface area contributed by atoms with Gasteiger partial charge in [-0.3, -0.25) is 20.4 Å². The summed E-state index contributed by atoms with van der Waals surface area (Å²) >= 11 is 0. The van der Waals surface area contributed by atoms with Crippen molar-refractivity contribution in [2.24, 2.45) is 0 Å². The summed E-state index contributed by atoms with van der Waals surface area (Å²) in [6.45, 7) is 3.79. The highest BCUT2D eigenvalue weighted by Gasteiger charge is 2.37. The first-order valence-corrected chi connectivity index (χ1v) is 11.6. The Bertz CT molecular complexity index is 1020. The maximum atomic E-state index is 13.1. The molecule has 0 bridgehead atoms. The molecule has 0 unspecified atom stereocenters. The molecule has 8 nitrogen and oxygen atoms in total. The maximum Gasteiger partial charge on any atom is 0.276 e. The summed E-state index contributed by atoms with van der Waals surface area (Å²) in [4.78, 5) is 24.9. The summed E-state index contributed by atoms with van der Waals surface area (Å²) in [5.74, 6) is -0.577. The van der Waals surface area contributed by atoms with E-state index in [2.05, 4.69) is 10.9 Å². The SMILES string of the molecule is Cc1ccc(OCC(=O)NNC(=O)[C@H]2CCCCN2S(=O)(=O)c2ccc(C)cc2)cc1. The quantitative estimate of drug-likeness (QED) is 0.663. The molecule has 2 N–H and O–H groups in total. The lowest BCUT2D eigenvalue weighted by molar-refractivity contribution is -0.132. The van der Waals surface area contributed by atoms with Crippen LogP contribution in [-0.2, 0) is 19.6 Å². The van der Waals surface area contributed by atoms with Crippen molar-refractivity contribution in [3.05, 3.63) is 59.7 Å². The Balaban J connectivity index is 1.59. The van der Waals surface area contributed by atoms with E-state index in [1.54, 1.807) is 36.4 Å². The van der Waals surface area contributed by atoms with Gasteiger partial charge in [0, 0.05) is 6.54 Å². The molecule has 2 aromatic rings. The Hall–Kier alpha value is -2.91. The molecule has 2 aromatic carbocycles. The van der Waals surface area contributed by atoms with E-state index in [-0.39, 0.29) is 18.0 Å². The number of carbonyl (C=O) groups excluding carboxylic acids is 2. The summed E-state index contributed by atoms with van der Waals surface area (Å²) < 4.78 is 32.7. The summed E-state index contributed by atoms with van der Waals surface area (Å²) in [5.41, 5.74) is 6.65. The second-order valence-electron chi connectivity index (χ2n) is 7.58. The van der Waals surface area contributed by atoms with Gasteiger partial charge in [0.1, 0.15) is 11.8 Å². The minimum atomic E-state index is -3.83. The van der Waals surface area contributed by atoms with Gasteiger partial charge in [-0.1, -0.05) is 41.8 Å². The minimum Gasteiger partial charge on any atom is -0.484 e. The highest BCUT2D eigenvalue weighted by molar-refractivity contribution is 7.89. The van der Waals surface area contributed by atoms with Gasteiger partial charge in [0.05, 0.1) is 4.90 Å². The van der Waals surface area contributed by atoms with E-state index in [1.165, 1.54) is 4.31 Å². The number of hydrazine groups is 1. The summed E-state index contributed by atoms with van der Waals surface area (Å²) in [6, 6.07) is 12.9. The molecule has 2 amide bonds. The average molecular weight is 446 g/mol. The second-order valence-corrected chi connectivity index (χ2v) is 9.47. The minimum absolute atomic E-state index is 0.147. The molecular weight excluding hydrogens is 418 g/mol. The normalized spacial score (nSPS) is 17.0. The van der Waals surface area contributed by atoms with E-state index in [0.717, 1.165) is 17.5 Å². The van der Waals surface area contributed by atoms with Gasteiger partial charge in [-0.2, -0.15) is 4.31 Å². The van der Waals surface area contributed by atoms with Crippen molar-refractivity contribution in [2.75, 3.05) is 13.2 Å². The number of ether oxygens (including phenoxy) is 1. The van der Waals surface area contributed by atoms with Crippen LogP contribution in [0.3, 0.4) is 0 Å². The number of amides is 2. The average Bonchev–Trinajstić information content (AvgIpc) is 2.77. The van der Waals surface area contributed by atoms with E-state index < -0.39 is 27.9 Å². The zero-order valence-electron chi connectivity index (χ0n) is 17.6. The molecule has 166 valence electrons. The standard InChI is InChI=1S/C22H27N3O5S/c1-16-6-10-18(11-7-16)30-15-21(26)23-24-22(27)20-5-3-4-14-25(20)31(28,29)19-12-8-17(2)9-13-19/h6-13,20H,3-5,14-15H2,1-2H3,(H,23,26)(H,24,27)/t20-/m1/s1. The fraction of sp³-hybridized carbons (Fsp3) is 0.364. The van der Waals surface area contributed by atoms with Gasteiger partial charge in [0.15, 0.2) is 6.61 Å². The van der Waals surface area contributed by atoms with E-state index in [1.807, 2.05) is 26.0 Å². The number of nitrogens with zero attached hydrogens (tertiary/aromatic N) is 1.